The minimum Gasteiger partial charge on any atom is -0.487 e. The number of halogens is 2. The number of nitrogens with zero attached hydrogens (tertiary/aromatic N) is 1. The van der Waals surface area contributed by atoms with Crippen LogP contribution in [0.4, 0.5) is 8.78 Å². The third-order valence-corrected chi connectivity index (χ3v) is 5.04. The molecule has 1 saturated carbocycles. The molecule has 1 heterocycles. The molecule has 1 amide bonds. The summed E-state index contributed by atoms with van der Waals surface area (Å²) in [6.07, 6.45) is -0.339. The lowest BCUT2D eigenvalue weighted by Crippen LogP contribution is -2.33. The van der Waals surface area contributed by atoms with Crippen molar-refractivity contribution < 1.29 is 18.3 Å². The van der Waals surface area contributed by atoms with Crippen molar-refractivity contribution in [2.75, 3.05) is 13.1 Å². The van der Waals surface area contributed by atoms with E-state index < -0.39 is 11.6 Å². The van der Waals surface area contributed by atoms with Crippen LogP contribution in [0.3, 0.4) is 0 Å². The van der Waals surface area contributed by atoms with Crippen LogP contribution in [0.5, 0.6) is 5.75 Å². The molecule has 2 unspecified atom stereocenters. The fraction of sp³-hybridized carbons (Fsp3) is 0.588. The average Bonchev–Trinajstić information content (AvgIpc) is 2.80. The van der Waals surface area contributed by atoms with Crippen LogP contribution in [0.2, 0.25) is 0 Å². The Morgan fingerprint density at radius 3 is 2.41 bits per heavy atom. The van der Waals surface area contributed by atoms with Gasteiger partial charge < -0.3 is 9.64 Å². The van der Waals surface area contributed by atoms with Gasteiger partial charge in [0.2, 0.25) is 5.82 Å². The van der Waals surface area contributed by atoms with E-state index in [0.717, 1.165) is 6.07 Å². The van der Waals surface area contributed by atoms with E-state index in [2.05, 4.69) is 13.8 Å². The number of carbonyl (C=O) groups excluding carboxylic acids is 1. The van der Waals surface area contributed by atoms with E-state index in [9.17, 15) is 13.6 Å². The SMILES string of the molecule is CC(C)Oc1c(C(=O)N2CC3C(C2)C3(C)C)ccc(F)c1F. The predicted octanol–water partition coefficient (Wildman–Crippen LogP) is 3.48. The molecule has 1 aliphatic carbocycles. The predicted molar refractivity (Wildman–Crippen MR) is 78.8 cm³/mol. The molecule has 3 nitrogen and oxygen atoms in total. The highest BCUT2D eigenvalue weighted by Crippen LogP contribution is 2.62. The molecule has 1 aromatic carbocycles. The van der Waals surface area contributed by atoms with Gasteiger partial charge in [0, 0.05) is 13.1 Å². The smallest absolute Gasteiger partial charge is 0.257 e. The lowest BCUT2D eigenvalue weighted by molar-refractivity contribution is 0.0750. The highest BCUT2D eigenvalue weighted by atomic mass is 19.2. The Bertz CT molecular complexity index is 613. The first kappa shape index (κ1) is 15.3. The molecule has 1 aromatic rings. The second kappa shape index (κ2) is 4.93. The van der Waals surface area contributed by atoms with Gasteiger partial charge in [0.15, 0.2) is 11.6 Å². The van der Waals surface area contributed by atoms with Gasteiger partial charge in [0.1, 0.15) is 0 Å². The Labute approximate surface area is 129 Å². The van der Waals surface area contributed by atoms with Crippen molar-refractivity contribution in [1.29, 1.82) is 0 Å². The van der Waals surface area contributed by atoms with E-state index in [1.54, 1.807) is 18.7 Å². The number of likely N-dealkylation sites (tertiary alicyclic amines) is 1. The van der Waals surface area contributed by atoms with Crippen molar-refractivity contribution in [2.24, 2.45) is 17.3 Å². The Morgan fingerprint density at radius 2 is 1.86 bits per heavy atom. The van der Waals surface area contributed by atoms with Gasteiger partial charge in [0.25, 0.3) is 5.91 Å². The zero-order valence-electron chi connectivity index (χ0n) is 13.3. The molecule has 0 aromatic heterocycles. The second-order valence-corrected chi connectivity index (χ2v) is 7.15. The molecule has 22 heavy (non-hydrogen) atoms. The van der Waals surface area contributed by atoms with Gasteiger partial charge in [-0.05, 0) is 43.2 Å². The van der Waals surface area contributed by atoms with Gasteiger partial charge in [-0.25, -0.2) is 4.39 Å². The van der Waals surface area contributed by atoms with Crippen molar-refractivity contribution >= 4 is 5.91 Å². The standard InChI is InChI=1S/C17H21F2NO2/c1-9(2)22-15-10(5-6-13(18)14(15)19)16(21)20-7-11-12(8-20)17(11,3)4/h5-6,9,11-12H,7-8H2,1-4H3. The minimum atomic E-state index is -1.09. The zero-order valence-corrected chi connectivity index (χ0v) is 13.3. The van der Waals surface area contributed by atoms with Crippen molar-refractivity contribution in [1.82, 2.24) is 4.90 Å². The molecule has 5 heteroatoms. The number of hydrogen-bond acceptors (Lipinski definition) is 2. The summed E-state index contributed by atoms with van der Waals surface area (Å²) in [6, 6.07) is 2.30. The molecule has 0 spiro atoms. The Hall–Kier alpha value is -1.65. The molecular formula is C17H21F2NO2. The number of hydrogen-bond donors (Lipinski definition) is 0. The van der Waals surface area contributed by atoms with Gasteiger partial charge in [-0.2, -0.15) is 4.39 Å². The first-order valence-electron chi connectivity index (χ1n) is 7.67. The summed E-state index contributed by atoms with van der Waals surface area (Å²) in [4.78, 5) is 14.4. The quantitative estimate of drug-likeness (QED) is 0.855. The van der Waals surface area contributed by atoms with E-state index in [-0.39, 0.29) is 23.3 Å². The number of piperidine rings is 1. The van der Waals surface area contributed by atoms with Crippen LogP contribution in [-0.2, 0) is 0 Å². The van der Waals surface area contributed by atoms with Crippen LogP contribution in [-0.4, -0.2) is 30.0 Å². The van der Waals surface area contributed by atoms with E-state index >= 15 is 0 Å². The molecule has 0 N–H and O–H groups in total. The third kappa shape index (κ3) is 2.27. The van der Waals surface area contributed by atoms with Gasteiger partial charge >= 0.3 is 0 Å². The third-order valence-electron chi connectivity index (χ3n) is 5.04. The molecule has 1 saturated heterocycles. The van der Waals surface area contributed by atoms with E-state index in [1.165, 1.54) is 6.07 Å². The maximum atomic E-state index is 14.0. The molecule has 2 atom stereocenters. The summed E-state index contributed by atoms with van der Waals surface area (Å²) < 4.78 is 32.8. The van der Waals surface area contributed by atoms with Gasteiger partial charge in [-0.15, -0.1) is 0 Å². The lowest BCUT2D eigenvalue weighted by Gasteiger charge is -2.24. The molecule has 0 bridgehead atoms. The van der Waals surface area contributed by atoms with Gasteiger partial charge in [-0.3, -0.25) is 4.79 Å². The molecule has 1 aliphatic heterocycles. The topological polar surface area (TPSA) is 29.5 Å². The molecule has 0 radical (unpaired) electrons. The second-order valence-electron chi connectivity index (χ2n) is 7.15. The number of benzene rings is 1. The Balaban J connectivity index is 1.86. The number of amides is 1. The number of carbonyl (C=O) groups is 1. The molecule has 2 aliphatic rings. The minimum absolute atomic E-state index is 0.103. The summed E-state index contributed by atoms with van der Waals surface area (Å²) in [5.74, 6) is -1.63. The summed E-state index contributed by atoms with van der Waals surface area (Å²) in [5, 5.41) is 0. The van der Waals surface area contributed by atoms with Crippen LogP contribution in [0.25, 0.3) is 0 Å². The van der Waals surface area contributed by atoms with E-state index in [0.29, 0.717) is 30.3 Å². The number of fused-ring (bicyclic) bond motifs is 1. The average molecular weight is 309 g/mol. The highest BCUT2D eigenvalue weighted by molar-refractivity contribution is 5.97. The van der Waals surface area contributed by atoms with Crippen molar-refractivity contribution in [2.45, 2.75) is 33.8 Å². The Morgan fingerprint density at radius 1 is 1.27 bits per heavy atom. The maximum Gasteiger partial charge on any atom is 0.257 e. The normalized spacial score (nSPS) is 25.3. The first-order valence-corrected chi connectivity index (χ1v) is 7.67. The Kier molecular flexibility index (Phi) is 3.42. The van der Waals surface area contributed by atoms with Crippen LogP contribution in [0.1, 0.15) is 38.1 Å². The molecule has 2 fully saturated rings. The maximum absolute atomic E-state index is 14.0. The first-order chi connectivity index (χ1) is 10.2. The monoisotopic (exact) mass is 309 g/mol. The van der Waals surface area contributed by atoms with E-state index in [1.807, 2.05) is 0 Å². The summed E-state index contributed by atoms with van der Waals surface area (Å²) >= 11 is 0. The van der Waals surface area contributed by atoms with Gasteiger partial charge in [-0.1, -0.05) is 13.8 Å². The number of rotatable bonds is 3. The summed E-state index contributed by atoms with van der Waals surface area (Å²) in [6.45, 7) is 9.19. The zero-order chi connectivity index (χ0) is 16.2. The van der Waals surface area contributed by atoms with Crippen molar-refractivity contribution in [3.63, 3.8) is 0 Å². The van der Waals surface area contributed by atoms with Crippen LogP contribution >= 0.6 is 0 Å². The van der Waals surface area contributed by atoms with Crippen molar-refractivity contribution in [3.8, 4) is 5.75 Å². The molecular weight excluding hydrogens is 288 g/mol. The van der Waals surface area contributed by atoms with Crippen molar-refractivity contribution in [3.05, 3.63) is 29.3 Å². The lowest BCUT2D eigenvalue weighted by atomic mass is 10.1. The largest absolute Gasteiger partial charge is 0.487 e. The van der Waals surface area contributed by atoms with Crippen LogP contribution in [0, 0.1) is 28.9 Å². The van der Waals surface area contributed by atoms with Crippen LogP contribution in [0.15, 0.2) is 12.1 Å². The summed E-state index contributed by atoms with van der Waals surface area (Å²) in [5.41, 5.74) is 0.397. The van der Waals surface area contributed by atoms with E-state index in [4.69, 9.17) is 4.74 Å². The fourth-order valence-electron chi connectivity index (χ4n) is 3.52. The molecule has 3 rings (SSSR count). The summed E-state index contributed by atoms with van der Waals surface area (Å²) in [7, 11) is 0. The molecule has 120 valence electrons. The highest BCUT2D eigenvalue weighted by Gasteiger charge is 2.62. The van der Waals surface area contributed by atoms with Gasteiger partial charge in [0.05, 0.1) is 11.7 Å². The number of ether oxygens (including phenoxy) is 1. The van der Waals surface area contributed by atoms with Crippen LogP contribution < -0.4 is 4.74 Å². The fourth-order valence-corrected chi connectivity index (χ4v) is 3.52.